The molecule has 152 valence electrons. The first-order chi connectivity index (χ1) is 13.5. The predicted octanol–water partition coefficient (Wildman–Crippen LogP) is 3.14. The third-order valence-electron chi connectivity index (χ3n) is 4.34. The van der Waals surface area contributed by atoms with E-state index in [4.69, 9.17) is 11.6 Å². The Morgan fingerprint density at radius 3 is 2.52 bits per heavy atom. The van der Waals surface area contributed by atoms with Gasteiger partial charge in [0.15, 0.2) is 26.2 Å². The van der Waals surface area contributed by atoms with Gasteiger partial charge >= 0.3 is 6.18 Å². The van der Waals surface area contributed by atoms with Gasteiger partial charge in [-0.2, -0.15) is 18.3 Å². The molecule has 0 aliphatic rings. The molecule has 13 heteroatoms. The third-order valence-corrected chi connectivity index (χ3v) is 6.17. The maximum absolute atomic E-state index is 13.0. The maximum atomic E-state index is 13.0. The molecule has 0 fully saturated rings. The molecule has 0 aliphatic carbocycles. The van der Waals surface area contributed by atoms with E-state index in [1.165, 1.54) is 35.4 Å². The molecule has 0 bridgehead atoms. The van der Waals surface area contributed by atoms with Crippen molar-refractivity contribution in [2.45, 2.75) is 18.1 Å². The quantitative estimate of drug-likeness (QED) is 0.481. The van der Waals surface area contributed by atoms with Crippen LogP contribution in [0.3, 0.4) is 0 Å². The summed E-state index contributed by atoms with van der Waals surface area (Å²) >= 11 is 5.92. The van der Waals surface area contributed by atoms with Crippen molar-refractivity contribution in [2.75, 3.05) is 5.75 Å². The maximum Gasteiger partial charge on any atom is 0.417 e. The van der Waals surface area contributed by atoms with E-state index in [0.29, 0.717) is 6.20 Å². The van der Waals surface area contributed by atoms with E-state index in [2.05, 4.69) is 20.1 Å². The molecule has 0 aliphatic heterocycles. The molecule has 0 spiro atoms. The first kappa shape index (κ1) is 19.6. The second-order valence-corrected chi connectivity index (χ2v) is 8.81. The van der Waals surface area contributed by atoms with Gasteiger partial charge in [-0.1, -0.05) is 18.5 Å². The Morgan fingerprint density at radius 1 is 1.17 bits per heavy atom. The van der Waals surface area contributed by atoms with Crippen LogP contribution in [-0.4, -0.2) is 43.3 Å². The van der Waals surface area contributed by atoms with Crippen LogP contribution in [0.15, 0.2) is 29.7 Å². The average Bonchev–Trinajstić information content (AvgIpc) is 3.18. The van der Waals surface area contributed by atoms with Crippen LogP contribution in [0.4, 0.5) is 13.2 Å². The van der Waals surface area contributed by atoms with Crippen molar-refractivity contribution in [1.82, 2.24) is 29.1 Å². The van der Waals surface area contributed by atoms with Crippen molar-refractivity contribution in [3.63, 3.8) is 0 Å². The fourth-order valence-corrected chi connectivity index (χ4v) is 4.02. The number of rotatable bonds is 3. The second kappa shape index (κ2) is 6.39. The van der Waals surface area contributed by atoms with E-state index in [1.54, 1.807) is 0 Å². The zero-order valence-electron chi connectivity index (χ0n) is 14.9. The number of aromatic nitrogens is 6. The van der Waals surface area contributed by atoms with Crippen molar-refractivity contribution in [2.24, 2.45) is 7.05 Å². The van der Waals surface area contributed by atoms with Crippen LogP contribution < -0.4 is 0 Å². The summed E-state index contributed by atoms with van der Waals surface area (Å²) in [6, 6.07) is 0.857. The van der Waals surface area contributed by atoms with E-state index in [-0.39, 0.29) is 44.0 Å². The van der Waals surface area contributed by atoms with Gasteiger partial charge in [0.05, 0.1) is 22.5 Å². The molecule has 0 N–H and O–H groups in total. The highest BCUT2D eigenvalue weighted by atomic mass is 35.5. The number of pyridine rings is 1. The van der Waals surface area contributed by atoms with E-state index >= 15 is 0 Å². The number of hydrogen-bond donors (Lipinski definition) is 0. The monoisotopic (exact) mass is 444 g/mol. The van der Waals surface area contributed by atoms with E-state index in [1.807, 2.05) is 0 Å². The predicted molar refractivity (Wildman–Crippen MR) is 98.2 cm³/mol. The van der Waals surface area contributed by atoms with Crippen LogP contribution >= 0.6 is 11.6 Å². The minimum atomic E-state index is -4.59. The Hall–Kier alpha value is -2.73. The molecule has 4 rings (SSSR count). The second-order valence-electron chi connectivity index (χ2n) is 6.18. The molecule has 4 heterocycles. The fraction of sp³-hybridized carbons (Fsp3) is 0.250. The van der Waals surface area contributed by atoms with E-state index in [0.717, 1.165) is 6.07 Å². The molecule has 0 unspecified atom stereocenters. The molecule has 29 heavy (non-hydrogen) atoms. The first-order valence-electron chi connectivity index (χ1n) is 8.19. The summed E-state index contributed by atoms with van der Waals surface area (Å²) in [5, 5.41) is 4.03. The number of halogens is 4. The zero-order chi connectivity index (χ0) is 21.1. The SMILES string of the molecule is CCS(=O)(=O)c1nn2cc(Cl)cnc2c1-c1nc2cc(C(F)(F)F)cnc2n1C. The molecule has 4 aromatic heterocycles. The summed E-state index contributed by atoms with van der Waals surface area (Å²) in [6.07, 6.45) is -1.19. The van der Waals surface area contributed by atoms with Crippen LogP contribution in [0.1, 0.15) is 12.5 Å². The molecule has 0 saturated carbocycles. The number of alkyl halides is 3. The summed E-state index contributed by atoms with van der Waals surface area (Å²) in [4.78, 5) is 12.2. The number of sulfone groups is 1. The summed E-state index contributed by atoms with van der Waals surface area (Å²) < 4.78 is 66.9. The fourth-order valence-electron chi connectivity index (χ4n) is 2.90. The minimum Gasteiger partial charge on any atom is -0.312 e. The number of imidazole rings is 1. The third kappa shape index (κ3) is 3.12. The van der Waals surface area contributed by atoms with Gasteiger partial charge in [0, 0.05) is 19.4 Å². The van der Waals surface area contributed by atoms with Gasteiger partial charge in [-0.15, -0.1) is 0 Å². The lowest BCUT2D eigenvalue weighted by atomic mass is 10.2. The molecule has 0 aromatic carbocycles. The Balaban J connectivity index is 2.07. The lowest BCUT2D eigenvalue weighted by Crippen LogP contribution is -2.07. The van der Waals surface area contributed by atoms with E-state index < -0.39 is 21.6 Å². The van der Waals surface area contributed by atoms with Crippen LogP contribution in [-0.2, 0) is 23.1 Å². The van der Waals surface area contributed by atoms with Crippen molar-refractivity contribution >= 4 is 38.2 Å². The van der Waals surface area contributed by atoms with Crippen LogP contribution in [0.5, 0.6) is 0 Å². The lowest BCUT2D eigenvalue weighted by molar-refractivity contribution is -0.137. The van der Waals surface area contributed by atoms with Crippen molar-refractivity contribution in [3.05, 3.63) is 35.2 Å². The molecular formula is C16H12ClF3N6O2S. The molecule has 4 aromatic rings. The van der Waals surface area contributed by atoms with Gasteiger partial charge in [0.25, 0.3) is 0 Å². The highest BCUT2D eigenvalue weighted by Crippen LogP contribution is 2.34. The molecular weight excluding hydrogens is 433 g/mol. The highest BCUT2D eigenvalue weighted by Gasteiger charge is 2.33. The summed E-state index contributed by atoms with van der Waals surface area (Å²) in [5.74, 6) is -0.165. The Morgan fingerprint density at radius 2 is 1.86 bits per heavy atom. The van der Waals surface area contributed by atoms with Crippen molar-refractivity contribution in [1.29, 1.82) is 0 Å². The van der Waals surface area contributed by atoms with Gasteiger partial charge in [0.2, 0.25) is 0 Å². The van der Waals surface area contributed by atoms with Gasteiger partial charge in [-0.05, 0) is 6.07 Å². The van der Waals surface area contributed by atoms with Crippen LogP contribution in [0.25, 0.3) is 28.2 Å². The largest absolute Gasteiger partial charge is 0.417 e. The van der Waals surface area contributed by atoms with Gasteiger partial charge < -0.3 is 4.57 Å². The summed E-state index contributed by atoms with van der Waals surface area (Å²) in [5.41, 5.74) is -0.624. The lowest BCUT2D eigenvalue weighted by Gasteiger charge is -2.05. The van der Waals surface area contributed by atoms with Crippen molar-refractivity contribution in [3.8, 4) is 11.4 Å². The molecule has 0 radical (unpaired) electrons. The number of fused-ring (bicyclic) bond motifs is 2. The smallest absolute Gasteiger partial charge is 0.312 e. The normalized spacial score (nSPS) is 12.9. The number of aryl methyl sites for hydroxylation is 1. The van der Waals surface area contributed by atoms with E-state index in [9.17, 15) is 21.6 Å². The standard InChI is InChI=1S/C16H12ClF3N6O2S/c1-3-29(27,28)15-11(13-22-6-9(17)7-26(13)24-15)14-23-10-4-8(16(18,19)20)5-21-12(10)25(14)2/h4-7H,3H2,1-2H3. The van der Waals surface area contributed by atoms with Crippen LogP contribution in [0, 0.1) is 0 Å². The Labute approximate surface area is 166 Å². The molecule has 8 nitrogen and oxygen atoms in total. The summed E-state index contributed by atoms with van der Waals surface area (Å²) in [6.45, 7) is 1.45. The Kier molecular flexibility index (Phi) is 4.31. The molecule has 0 atom stereocenters. The van der Waals surface area contributed by atoms with Crippen molar-refractivity contribution < 1.29 is 21.6 Å². The minimum absolute atomic E-state index is 0.0366. The highest BCUT2D eigenvalue weighted by molar-refractivity contribution is 7.91. The average molecular weight is 445 g/mol. The van der Waals surface area contributed by atoms with Gasteiger partial charge in [0.1, 0.15) is 16.9 Å². The number of nitrogens with zero attached hydrogens (tertiary/aromatic N) is 6. The first-order valence-corrected chi connectivity index (χ1v) is 10.2. The molecule has 0 amide bonds. The molecule has 0 saturated heterocycles. The topological polar surface area (TPSA) is 95.0 Å². The zero-order valence-corrected chi connectivity index (χ0v) is 16.5. The summed E-state index contributed by atoms with van der Waals surface area (Å²) in [7, 11) is -2.29. The number of hydrogen-bond acceptors (Lipinski definition) is 6. The van der Waals surface area contributed by atoms with Crippen LogP contribution in [0.2, 0.25) is 5.02 Å². The van der Waals surface area contributed by atoms with Gasteiger partial charge in [-0.3, -0.25) is 0 Å². The van der Waals surface area contributed by atoms with Gasteiger partial charge in [-0.25, -0.2) is 27.9 Å². The Bertz CT molecular complexity index is 1380.